The highest BCUT2D eigenvalue weighted by Gasteiger charge is 2.45. The molecule has 0 fully saturated rings. The largest absolute Gasteiger partial charge is 0.547 e. The van der Waals surface area contributed by atoms with Gasteiger partial charge in [0.05, 0.1) is 18.9 Å². The van der Waals surface area contributed by atoms with Crippen LogP contribution in [0.3, 0.4) is 0 Å². The molecule has 0 spiro atoms. The molecule has 5 nitrogen and oxygen atoms in total. The number of ether oxygens (including phenoxy) is 1. The summed E-state index contributed by atoms with van der Waals surface area (Å²) in [6.07, 6.45) is 3.82. The molecule has 0 saturated heterocycles. The monoisotopic (exact) mass is 417 g/mol. The molecule has 160 valence electrons. The Labute approximate surface area is 176 Å². The molecule has 1 aliphatic carbocycles. The first-order chi connectivity index (χ1) is 13.4. The molecule has 29 heavy (non-hydrogen) atoms. The van der Waals surface area contributed by atoms with Crippen LogP contribution in [0, 0.1) is 5.41 Å². The van der Waals surface area contributed by atoms with Crippen molar-refractivity contribution in [2.24, 2.45) is 5.41 Å². The standard InChI is InChI=1S/C23H35NO4Si/c1-22(2,3)29(6,7)28-19-13-14-23(4,17-25)20(15-19)24(21(26)27-5)16-18-11-9-8-10-12-18/h8-12,15,17,20H,13-14,16H2,1-7H3/t20-,23-/m0/s1. The zero-order chi connectivity index (χ0) is 21.9. The molecule has 0 heterocycles. The first-order valence-corrected chi connectivity index (χ1v) is 13.1. The number of hydrogen-bond acceptors (Lipinski definition) is 4. The van der Waals surface area contributed by atoms with E-state index in [1.165, 1.54) is 7.11 Å². The Morgan fingerprint density at radius 2 is 1.90 bits per heavy atom. The van der Waals surface area contributed by atoms with E-state index in [9.17, 15) is 9.59 Å². The number of rotatable bonds is 6. The Balaban J connectivity index is 2.43. The molecule has 1 amide bonds. The Kier molecular flexibility index (Phi) is 6.99. The average molecular weight is 418 g/mol. The van der Waals surface area contributed by atoms with E-state index >= 15 is 0 Å². The summed E-state index contributed by atoms with van der Waals surface area (Å²) in [6, 6.07) is 9.31. The van der Waals surface area contributed by atoms with Crippen LogP contribution < -0.4 is 0 Å². The van der Waals surface area contributed by atoms with Gasteiger partial charge in [0.1, 0.15) is 6.29 Å². The van der Waals surface area contributed by atoms with Crippen LogP contribution in [0.1, 0.15) is 46.1 Å². The van der Waals surface area contributed by atoms with Gasteiger partial charge < -0.3 is 14.0 Å². The Hall–Kier alpha value is -2.08. The van der Waals surface area contributed by atoms with Gasteiger partial charge >= 0.3 is 6.09 Å². The second kappa shape index (κ2) is 8.74. The Morgan fingerprint density at radius 3 is 2.41 bits per heavy atom. The van der Waals surface area contributed by atoms with Gasteiger partial charge in [0.15, 0.2) is 0 Å². The van der Waals surface area contributed by atoms with Gasteiger partial charge in [-0.3, -0.25) is 4.90 Å². The highest BCUT2D eigenvalue weighted by molar-refractivity contribution is 6.74. The van der Waals surface area contributed by atoms with Gasteiger partial charge in [-0.05, 0) is 36.2 Å². The average Bonchev–Trinajstić information content (AvgIpc) is 2.67. The summed E-state index contributed by atoms with van der Waals surface area (Å²) in [4.78, 5) is 26.4. The quantitative estimate of drug-likeness (QED) is 0.451. The summed E-state index contributed by atoms with van der Waals surface area (Å²) in [5.74, 6) is 0.878. The Bertz CT molecular complexity index is 754. The minimum Gasteiger partial charge on any atom is -0.547 e. The van der Waals surface area contributed by atoms with Gasteiger partial charge in [-0.2, -0.15) is 0 Å². The lowest BCUT2D eigenvalue weighted by Crippen LogP contribution is -2.51. The fraction of sp³-hybridized carbons (Fsp3) is 0.565. The van der Waals surface area contributed by atoms with E-state index < -0.39 is 25.9 Å². The van der Waals surface area contributed by atoms with Gasteiger partial charge in [0, 0.05) is 18.4 Å². The molecule has 0 aromatic heterocycles. The maximum absolute atomic E-state index is 12.7. The number of benzene rings is 1. The number of aldehydes is 1. The van der Waals surface area contributed by atoms with E-state index in [1.807, 2.05) is 43.3 Å². The third kappa shape index (κ3) is 5.29. The van der Waals surface area contributed by atoms with Gasteiger partial charge in [0.25, 0.3) is 0 Å². The molecule has 2 atom stereocenters. The predicted molar refractivity (Wildman–Crippen MR) is 118 cm³/mol. The number of amides is 1. The van der Waals surface area contributed by atoms with Crippen molar-refractivity contribution in [3.8, 4) is 0 Å². The van der Waals surface area contributed by atoms with E-state index in [2.05, 4.69) is 33.9 Å². The maximum Gasteiger partial charge on any atom is 0.410 e. The van der Waals surface area contributed by atoms with Crippen molar-refractivity contribution in [1.82, 2.24) is 4.90 Å². The van der Waals surface area contributed by atoms with Crippen molar-refractivity contribution in [2.75, 3.05) is 7.11 Å². The number of methoxy groups -OCH3 is 1. The SMILES string of the molecule is COC(=O)N(Cc1ccccc1)[C@H]1C=C(O[Si](C)(C)C(C)(C)C)CC[C@@]1(C)C=O. The fourth-order valence-corrected chi connectivity index (χ4v) is 4.44. The minimum atomic E-state index is -2.01. The lowest BCUT2D eigenvalue weighted by molar-refractivity contribution is -0.118. The lowest BCUT2D eigenvalue weighted by Gasteiger charge is -2.44. The first-order valence-electron chi connectivity index (χ1n) is 10.2. The van der Waals surface area contributed by atoms with Crippen LogP contribution >= 0.6 is 0 Å². The van der Waals surface area contributed by atoms with Gasteiger partial charge in [-0.1, -0.05) is 58.0 Å². The molecule has 0 unspecified atom stereocenters. The molecule has 0 aliphatic heterocycles. The van der Waals surface area contributed by atoms with E-state index in [0.29, 0.717) is 19.4 Å². The zero-order valence-corrected chi connectivity index (χ0v) is 19.8. The first kappa shape index (κ1) is 23.2. The van der Waals surface area contributed by atoms with Gasteiger partial charge in [-0.15, -0.1) is 0 Å². The summed E-state index contributed by atoms with van der Waals surface area (Å²) >= 11 is 0. The number of carbonyl (C=O) groups excluding carboxylic acids is 2. The second-order valence-corrected chi connectivity index (χ2v) is 14.4. The zero-order valence-electron chi connectivity index (χ0n) is 18.8. The summed E-state index contributed by atoms with van der Waals surface area (Å²) in [6.45, 7) is 13.3. The third-order valence-electron chi connectivity index (χ3n) is 6.33. The summed E-state index contributed by atoms with van der Waals surface area (Å²) in [5, 5.41) is 0.0703. The molecule has 6 heteroatoms. The highest BCUT2D eigenvalue weighted by Crippen LogP contribution is 2.42. The molecule has 0 saturated carbocycles. The fourth-order valence-electron chi connectivity index (χ4n) is 3.30. The molecule has 0 bridgehead atoms. The van der Waals surface area contributed by atoms with Crippen LogP contribution in [0.5, 0.6) is 0 Å². The highest BCUT2D eigenvalue weighted by atomic mass is 28.4. The molecule has 1 aliphatic rings. The van der Waals surface area contributed by atoms with Crippen LogP contribution in [0.15, 0.2) is 42.2 Å². The second-order valence-electron chi connectivity index (χ2n) is 9.65. The van der Waals surface area contributed by atoms with E-state index in [4.69, 9.17) is 9.16 Å². The van der Waals surface area contributed by atoms with Crippen molar-refractivity contribution in [1.29, 1.82) is 0 Å². The summed E-state index contributed by atoms with van der Waals surface area (Å²) in [5.41, 5.74) is 0.292. The molecule has 2 rings (SSSR count). The number of carbonyl (C=O) groups is 2. The number of hydrogen-bond donors (Lipinski definition) is 0. The number of allylic oxidation sites excluding steroid dienone is 1. The van der Waals surface area contributed by atoms with Crippen LogP contribution in [-0.4, -0.2) is 38.7 Å². The van der Waals surface area contributed by atoms with Crippen LogP contribution in [0.25, 0.3) is 0 Å². The molecular formula is C23H35NO4Si. The molecular weight excluding hydrogens is 382 g/mol. The molecule has 1 aromatic carbocycles. The predicted octanol–water partition coefficient (Wildman–Crippen LogP) is 5.53. The lowest BCUT2D eigenvalue weighted by atomic mass is 9.75. The summed E-state index contributed by atoms with van der Waals surface area (Å²) in [7, 11) is -0.641. The molecule has 0 radical (unpaired) electrons. The van der Waals surface area contributed by atoms with Gasteiger partial charge in [-0.25, -0.2) is 4.79 Å². The van der Waals surface area contributed by atoms with Crippen molar-refractivity contribution in [3.05, 3.63) is 47.7 Å². The van der Waals surface area contributed by atoms with Gasteiger partial charge in [0.2, 0.25) is 8.32 Å². The third-order valence-corrected chi connectivity index (χ3v) is 10.7. The number of nitrogens with zero attached hydrogens (tertiary/aromatic N) is 1. The van der Waals surface area contributed by atoms with E-state index in [0.717, 1.165) is 17.6 Å². The van der Waals surface area contributed by atoms with E-state index in [1.54, 1.807) is 4.90 Å². The smallest absolute Gasteiger partial charge is 0.410 e. The Morgan fingerprint density at radius 1 is 1.28 bits per heavy atom. The molecule has 0 N–H and O–H groups in total. The van der Waals surface area contributed by atoms with Crippen LogP contribution in [0.4, 0.5) is 4.79 Å². The topological polar surface area (TPSA) is 55.8 Å². The minimum absolute atomic E-state index is 0.0703. The maximum atomic E-state index is 12.7. The van der Waals surface area contributed by atoms with Crippen molar-refractivity contribution in [2.45, 2.75) is 71.3 Å². The normalized spacial score (nSPS) is 22.4. The van der Waals surface area contributed by atoms with Crippen molar-refractivity contribution < 1.29 is 18.8 Å². The summed E-state index contributed by atoms with van der Waals surface area (Å²) < 4.78 is 11.6. The van der Waals surface area contributed by atoms with E-state index in [-0.39, 0.29) is 5.04 Å². The van der Waals surface area contributed by atoms with Crippen molar-refractivity contribution >= 4 is 20.7 Å². The van der Waals surface area contributed by atoms with Crippen LogP contribution in [0.2, 0.25) is 18.1 Å². The van der Waals surface area contributed by atoms with Crippen molar-refractivity contribution in [3.63, 3.8) is 0 Å². The van der Waals surface area contributed by atoms with Crippen LogP contribution in [-0.2, 0) is 20.5 Å². The molecule has 1 aromatic rings.